The number of nitrogens with zero attached hydrogens (tertiary/aromatic N) is 1. The molecule has 1 fully saturated rings. The average Bonchev–Trinajstić information content (AvgIpc) is 3.66. The summed E-state index contributed by atoms with van der Waals surface area (Å²) in [5, 5.41) is 0.374. The maximum absolute atomic E-state index is 13.0. The SMILES string of the molecule is O=C(O[C@@H](Cc1c(Cl)cncc1Cl)c1ccc(OC(F)F)c(OCC2CC2)c1)Sc1ccccc1Cl. The first kappa shape index (κ1) is 26.8. The van der Waals surface area contributed by atoms with Gasteiger partial charge >= 0.3 is 11.9 Å². The van der Waals surface area contributed by atoms with Gasteiger partial charge in [-0.25, -0.2) is 4.79 Å². The van der Waals surface area contributed by atoms with Crippen LogP contribution in [-0.2, 0) is 11.2 Å². The second-order valence-corrected chi connectivity index (χ2v) is 10.2. The van der Waals surface area contributed by atoms with Crippen LogP contribution in [0, 0.1) is 5.92 Å². The fourth-order valence-corrected chi connectivity index (χ4v) is 4.75. The van der Waals surface area contributed by atoms with Crippen molar-refractivity contribution in [3.8, 4) is 11.5 Å². The lowest BCUT2D eigenvalue weighted by Crippen LogP contribution is -2.13. The molecule has 11 heteroatoms. The summed E-state index contributed by atoms with van der Waals surface area (Å²) in [6, 6.07) is 11.3. The normalized spacial score (nSPS) is 13.9. The largest absolute Gasteiger partial charge is 0.489 e. The quantitative estimate of drug-likeness (QED) is 0.178. The van der Waals surface area contributed by atoms with Gasteiger partial charge in [-0.2, -0.15) is 8.78 Å². The molecule has 0 unspecified atom stereocenters. The van der Waals surface area contributed by atoms with Gasteiger partial charge in [0.15, 0.2) is 11.5 Å². The summed E-state index contributed by atoms with van der Waals surface area (Å²) in [6.07, 6.45) is 4.13. The molecule has 4 rings (SSSR count). The second-order valence-electron chi connectivity index (χ2n) is 8.01. The van der Waals surface area contributed by atoms with E-state index in [-0.39, 0.29) is 17.9 Å². The fraction of sp³-hybridized carbons (Fsp3) is 0.280. The Kier molecular flexibility index (Phi) is 9.17. The minimum Gasteiger partial charge on any atom is -0.489 e. The highest BCUT2D eigenvalue weighted by atomic mass is 35.5. The molecular weight excluding hydrogens is 555 g/mol. The van der Waals surface area contributed by atoms with Crippen molar-refractivity contribution in [1.29, 1.82) is 0 Å². The van der Waals surface area contributed by atoms with Gasteiger partial charge in [-0.1, -0.05) is 53.0 Å². The lowest BCUT2D eigenvalue weighted by molar-refractivity contribution is -0.0515. The number of benzene rings is 2. The summed E-state index contributed by atoms with van der Waals surface area (Å²) in [4.78, 5) is 17.4. The Bertz CT molecular complexity index is 1210. The molecule has 1 atom stereocenters. The Morgan fingerprint density at radius 1 is 1.03 bits per heavy atom. The molecule has 0 aliphatic heterocycles. The third kappa shape index (κ3) is 7.38. The minimum atomic E-state index is -3.02. The van der Waals surface area contributed by atoms with Crippen LogP contribution in [0.4, 0.5) is 13.6 Å². The zero-order valence-corrected chi connectivity index (χ0v) is 21.7. The van der Waals surface area contributed by atoms with Crippen LogP contribution in [0.25, 0.3) is 0 Å². The highest BCUT2D eigenvalue weighted by Crippen LogP contribution is 2.39. The van der Waals surface area contributed by atoms with Crippen LogP contribution in [0.15, 0.2) is 59.8 Å². The van der Waals surface area contributed by atoms with Crippen molar-refractivity contribution in [2.75, 3.05) is 6.61 Å². The van der Waals surface area contributed by atoms with E-state index in [1.54, 1.807) is 24.3 Å². The van der Waals surface area contributed by atoms with E-state index >= 15 is 0 Å². The first-order chi connectivity index (χ1) is 17.3. The van der Waals surface area contributed by atoms with Crippen LogP contribution in [0.3, 0.4) is 0 Å². The predicted octanol–water partition coefficient (Wildman–Crippen LogP) is 8.64. The lowest BCUT2D eigenvalue weighted by atomic mass is 10.0. The van der Waals surface area contributed by atoms with Gasteiger partial charge in [0.05, 0.1) is 21.7 Å². The van der Waals surface area contributed by atoms with Crippen molar-refractivity contribution in [3.63, 3.8) is 0 Å². The smallest absolute Gasteiger partial charge is 0.387 e. The zero-order valence-electron chi connectivity index (χ0n) is 18.6. The molecule has 1 saturated carbocycles. The second kappa shape index (κ2) is 12.3. The van der Waals surface area contributed by atoms with Crippen LogP contribution < -0.4 is 9.47 Å². The van der Waals surface area contributed by atoms with Crippen LogP contribution in [0.2, 0.25) is 15.1 Å². The number of rotatable bonds is 10. The van der Waals surface area contributed by atoms with E-state index in [9.17, 15) is 13.6 Å². The van der Waals surface area contributed by atoms with Gasteiger partial charge in [0.1, 0.15) is 6.10 Å². The Balaban J connectivity index is 1.64. The summed E-state index contributed by atoms with van der Waals surface area (Å²) in [5.74, 6) is 0.402. The molecule has 2 aromatic carbocycles. The molecule has 190 valence electrons. The van der Waals surface area contributed by atoms with Crippen molar-refractivity contribution in [3.05, 3.63) is 81.1 Å². The molecule has 0 radical (unpaired) electrons. The van der Waals surface area contributed by atoms with Crippen molar-refractivity contribution in [2.24, 2.45) is 5.92 Å². The molecule has 1 aliphatic rings. The number of carbonyl (C=O) groups is 1. The van der Waals surface area contributed by atoms with Gasteiger partial charge in [0.2, 0.25) is 0 Å². The van der Waals surface area contributed by atoms with Gasteiger partial charge in [0, 0.05) is 23.7 Å². The zero-order chi connectivity index (χ0) is 25.7. The van der Waals surface area contributed by atoms with Crippen molar-refractivity contribution in [1.82, 2.24) is 4.98 Å². The highest BCUT2D eigenvalue weighted by Gasteiger charge is 2.26. The number of alkyl halides is 2. The first-order valence-electron chi connectivity index (χ1n) is 10.9. The Morgan fingerprint density at radius 2 is 1.75 bits per heavy atom. The topological polar surface area (TPSA) is 57.7 Å². The summed E-state index contributed by atoms with van der Waals surface area (Å²) >= 11 is 19.6. The maximum atomic E-state index is 13.0. The molecule has 1 aromatic heterocycles. The van der Waals surface area contributed by atoms with E-state index in [1.807, 2.05) is 0 Å². The van der Waals surface area contributed by atoms with Crippen LogP contribution in [0.5, 0.6) is 11.5 Å². The van der Waals surface area contributed by atoms with E-state index in [2.05, 4.69) is 9.72 Å². The Labute approximate surface area is 226 Å². The molecule has 0 spiro atoms. The lowest BCUT2D eigenvalue weighted by Gasteiger charge is -2.21. The van der Waals surface area contributed by atoms with Gasteiger partial charge in [-0.3, -0.25) is 4.98 Å². The van der Waals surface area contributed by atoms with E-state index in [0.29, 0.717) is 43.6 Å². The third-order valence-corrected chi connectivity index (χ3v) is 7.27. The number of pyridine rings is 1. The molecule has 0 saturated heterocycles. The number of ether oxygens (including phenoxy) is 3. The number of hydrogen-bond donors (Lipinski definition) is 0. The molecule has 36 heavy (non-hydrogen) atoms. The molecule has 5 nitrogen and oxygen atoms in total. The molecule has 1 aliphatic carbocycles. The fourth-order valence-electron chi connectivity index (χ4n) is 3.33. The standard InChI is InChI=1S/C25H20Cl3F2NO4S/c26-17-3-1-2-4-23(17)36-25(32)35-21(10-16-18(27)11-31-12-19(16)28)15-7-8-20(34-24(29)30)22(9-15)33-13-14-5-6-14/h1-4,7-9,11-12,14,21,24H,5-6,10,13H2/t21-/m0/s1. The van der Waals surface area contributed by atoms with Crippen molar-refractivity contribution >= 4 is 51.9 Å². The molecule has 0 N–H and O–H groups in total. The van der Waals surface area contributed by atoms with E-state index in [0.717, 1.165) is 24.6 Å². The van der Waals surface area contributed by atoms with Crippen LogP contribution >= 0.6 is 46.6 Å². The van der Waals surface area contributed by atoms with Crippen molar-refractivity contribution in [2.45, 2.75) is 36.9 Å². The Morgan fingerprint density at radius 3 is 2.42 bits per heavy atom. The first-order valence-corrected chi connectivity index (χ1v) is 12.9. The van der Waals surface area contributed by atoms with E-state index in [4.69, 9.17) is 44.3 Å². The molecule has 3 aromatic rings. The number of aromatic nitrogens is 1. The Hall–Kier alpha value is -2.26. The average molecular weight is 575 g/mol. The summed E-state index contributed by atoms with van der Waals surface area (Å²) in [6.45, 7) is -2.65. The maximum Gasteiger partial charge on any atom is 0.387 e. The van der Waals surface area contributed by atoms with E-state index < -0.39 is 18.0 Å². The number of halogens is 5. The summed E-state index contributed by atoms with van der Waals surface area (Å²) in [5.41, 5.74) is 1.00. The summed E-state index contributed by atoms with van der Waals surface area (Å²) < 4.78 is 42.1. The van der Waals surface area contributed by atoms with Crippen molar-refractivity contribution < 1.29 is 27.8 Å². The van der Waals surface area contributed by atoms with Gasteiger partial charge in [-0.05, 0) is 65.9 Å². The van der Waals surface area contributed by atoms with Gasteiger partial charge in [0.25, 0.3) is 0 Å². The third-order valence-electron chi connectivity index (χ3n) is 5.34. The minimum absolute atomic E-state index is 0.103. The monoisotopic (exact) mass is 573 g/mol. The summed E-state index contributed by atoms with van der Waals surface area (Å²) in [7, 11) is 0. The molecule has 1 heterocycles. The van der Waals surface area contributed by atoms with Gasteiger partial charge < -0.3 is 14.2 Å². The van der Waals surface area contributed by atoms with Gasteiger partial charge in [-0.15, -0.1) is 0 Å². The molecule has 0 bridgehead atoms. The number of thioether (sulfide) groups is 1. The van der Waals surface area contributed by atoms with Crippen LogP contribution in [0.1, 0.15) is 30.1 Å². The predicted molar refractivity (Wildman–Crippen MR) is 136 cm³/mol. The van der Waals surface area contributed by atoms with Crippen LogP contribution in [-0.4, -0.2) is 23.5 Å². The highest BCUT2D eigenvalue weighted by molar-refractivity contribution is 8.13. The molecule has 0 amide bonds. The number of carbonyl (C=O) groups excluding carboxylic acids is 1. The molecular formula is C25H20Cl3F2NO4S. The van der Waals surface area contributed by atoms with E-state index in [1.165, 1.54) is 30.6 Å². The number of hydrogen-bond acceptors (Lipinski definition) is 6.